The fraction of sp³-hybridized carbons (Fsp3) is 0.267. The van der Waals surface area contributed by atoms with Crippen molar-refractivity contribution in [3.8, 4) is 11.5 Å². The molecule has 4 nitrogen and oxygen atoms in total. The second-order valence-electron chi connectivity index (χ2n) is 4.48. The van der Waals surface area contributed by atoms with Crippen LogP contribution in [0.3, 0.4) is 0 Å². The molecular weight excluding hydrogens is 244 g/mol. The Morgan fingerprint density at radius 3 is 2.68 bits per heavy atom. The van der Waals surface area contributed by atoms with Crippen LogP contribution in [0.15, 0.2) is 24.3 Å². The molecular formula is C15H14O4. The average molecular weight is 258 g/mol. The van der Waals surface area contributed by atoms with Gasteiger partial charge in [0, 0.05) is 5.56 Å². The predicted molar refractivity (Wildman–Crippen MR) is 70.9 cm³/mol. The molecule has 1 heterocycles. The molecule has 0 bridgehead atoms. The quantitative estimate of drug-likeness (QED) is 0.776. The number of cyclic esters (lactones) is 1. The van der Waals surface area contributed by atoms with E-state index in [9.17, 15) is 4.79 Å². The highest BCUT2D eigenvalue weighted by atomic mass is 16.6. The Bertz CT molecular complexity index is 675. The van der Waals surface area contributed by atoms with Crippen LogP contribution in [0.25, 0.3) is 10.8 Å². The molecule has 2 aromatic rings. The molecule has 0 saturated heterocycles. The van der Waals surface area contributed by atoms with Gasteiger partial charge in [-0.1, -0.05) is 12.1 Å². The number of hydrogen-bond donors (Lipinski definition) is 0. The lowest BCUT2D eigenvalue weighted by atomic mass is 9.97. The number of carbonyl (C=O) groups excluding carboxylic acids is 1. The van der Waals surface area contributed by atoms with Gasteiger partial charge in [-0.25, -0.2) is 4.79 Å². The van der Waals surface area contributed by atoms with Crippen LogP contribution >= 0.6 is 0 Å². The van der Waals surface area contributed by atoms with Gasteiger partial charge in [-0.2, -0.15) is 0 Å². The maximum atomic E-state index is 11.8. The summed E-state index contributed by atoms with van der Waals surface area (Å²) in [5, 5.41) is 1.78. The zero-order valence-electron chi connectivity index (χ0n) is 11.0. The summed E-state index contributed by atoms with van der Waals surface area (Å²) in [4.78, 5) is 11.8. The van der Waals surface area contributed by atoms with E-state index in [1.165, 1.54) is 0 Å². The van der Waals surface area contributed by atoms with Crippen molar-refractivity contribution in [2.75, 3.05) is 14.2 Å². The lowest BCUT2D eigenvalue weighted by Gasteiger charge is -2.14. The van der Waals surface area contributed by atoms with Crippen molar-refractivity contribution in [2.45, 2.75) is 13.0 Å². The van der Waals surface area contributed by atoms with E-state index in [-0.39, 0.29) is 12.1 Å². The molecule has 0 fully saturated rings. The zero-order chi connectivity index (χ0) is 13.6. The lowest BCUT2D eigenvalue weighted by molar-refractivity contribution is 0.0420. The highest BCUT2D eigenvalue weighted by Gasteiger charge is 2.33. The summed E-state index contributed by atoms with van der Waals surface area (Å²) >= 11 is 0. The van der Waals surface area contributed by atoms with Crippen LogP contribution in [0, 0.1) is 0 Å². The Morgan fingerprint density at radius 1 is 1.21 bits per heavy atom. The maximum Gasteiger partial charge on any atom is 0.339 e. The average Bonchev–Trinajstić information content (AvgIpc) is 2.71. The van der Waals surface area contributed by atoms with Crippen molar-refractivity contribution in [1.82, 2.24) is 0 Å². The molecule has 0 aliphatic carbocycles. The lowest BCUT2D eigenvalue weighted by Crippen LogP contribution is -1.98. The monoisotopic (exact) mass is 258 g/mol. The third-order valence-electron chi connectivity index (χ3n) is 3.45. The standard InChI is InChI=1S/C15H14O4/c1-8-12-10(15(16)19-8)7-9-5-4-6-11(17-2)13(9)14(12)18-3/h4-8H,1-3H3/t8-/m1/s1. The molecule has 0 spiro atoms. The molecule has 4 heteroatoms. The molecule has 0 radical (unpaired) electrons. The number of hydrogen-bond acceptors (Lipinski definition) is 4. The smallest absolute Gasteiger partial charge is 0.339 e. The Balaban J connectivity index is 2.46. The van der Waals surface area contributed by atoms with Gasteiger partial charge in [-0.15, -0.1) is 0 Å². The first-order valence-electron chi connectivity index (χ1n) is 6.06. The van der Waals surface area contributed by atoms with Gasteiger partial charge < -0.3 is 14.2 Å². The van der Waals surface area contributed by atoms with E-state index in [1.54, 1.807) is 14.2 Å². The fourth-order valence-electron chi connectivity index (χ4n) is 2.64. The Labute approximate surface area is 110 Å². The topological polar surface area (TPSA) is 44.8 Å². The normalized spacial score (nSPS) is 17.2. The second-order valence-corrected chi connectivity index (χ2v) is 4.48. The zero-order valence-corrected chi connectivity index (χ0v) is 11.0. The minimum absolute atomic E-state index is 0.299. The third-order valence-corrected chi connectivity index (χ3v) is 3.45. The summed E-state index contributed by atoms with van der Waals surface area (Å²) in [5.41, 5.74) is 1.37. The van der Waals surface area contributed by atoms with Crippen molar-refractivity contribution >= 4 is 16.7 Å². The predicted octanol–water partition coefficient (Wildman–Crippen LogP) is 3.09. The highest BCUT2D eigenvalue weighted by molar-refractivity contribution is 6.04. The van der Waals surface area contributed by atoms with Crippen LogP contribution in [-0.2, 0) is 4.74 Å². The molecule has 0 amide bonds. The highest BCUT2D eigenvalue weighted by Crippen LogP contribution is 2.45. The number of benzene rings is 2. The molecule has 1 atom stereocenters. The van der Waals surface area contributed by atoms with Gasteiger partial charge in [0.15, 0.2) is 0 Å². The molecule has 0 unspecified atom stereocenters. The molecule has 98 valence electrons. The molecule has 0 aromatic heterocycles. The van der Waals surface area contributed by atoms with Gasteiger partial charge in [0.05, 0.1) is 25.2 Å². The van der Waals surface area contributed by atoms with Gasteiger partial charge in [0.2, 0.25) is 0 Å². The van der Waals surface area contributed by atoms with E-state index in [1.807, 2.05) is 31.2 Å². The van der Waals surface area contributed by atoms with Crippen LogP contribution < -0.4 is 9.47 Å². The number of methoxy groups -OCH3 is 2. The van der Waals surface area contributed by atoms with Crippen molar-refractivity contribution in [3.05, 3.63) is 35.4 Å². The van der Waals surface area contributed by atoms with E-state index in [0.717, 1.165) is 22.1 Å². The molecule has 3 rings (SSSR count). The van der Waals surface area contributed by atoms with Gasteiger partial charge in [0.25, 0.3) is 0 Å². The summed E-state index contributed by atoms with van der Waals surface area (Å²) in [7, 11) is 3.21. The Kier molecular flexibility index (Phi) is 2.59. The van der Waals surface area contributed by atoms with Crippen molar-refractivity contribution in [2.24, 2.45) is 0 Å². The Hall–Kier alpha value is -2.23. The fourth-order valence-corrected chi connectivity index (χ4v) is 2.64. The first kappa shape index (κ1) is 11.8. The third kappa shape index (κ3) is 1.56. The van der Waals surface area contributed by atoms with E-state index in [0.29, 0.717) is 11.3 Å². The van der Waals surface area contributed by atoms with Crippen LogP contribution in [-0.4, -0.2) is 20.2 Å². The first-order chi connectivity index (χ1) is 9.17. The van der Waals surface area contributed by atoms with Crippen LogP contribution in [0.2, 0.25) is 0 Å². The van der Waals surface area contributed by atoms with Crippen molar-refractivity contribution in [3.63, 3.8) is 0 Å². The number of fused-ring (bicyclic) bond motifs is 2. The SMILES string of the molecule is COc1cccc2cc3c(c(OC)c12)[C@@H](C)OC3=O. The summed E-state index contributed by atoms with van der Waals surface area (Å²) < 4.78 is 16.2. The number of carbonyl (C=O) groups is 1. The van der Waals surface area contributed by atoms with Crippen LogP contribution in [0.1, 0.15) is 28.9 Å². The molecule has 0 N–H and O–H groups in total. The minimum atomic E-state index is -0.300. The summed E-state index contributed by atoms with van der Waals surface area (Å²) in [6, 6.07) is 7.52. The van der Waals surface area contributed by atoms with Crippen molar-refractivity contribution in [1.29, 1.82) is 0 Å². The molecule has 2 aromatic carbocycles. The maximum absolute atomic E-state index is 11.8. The largest absolute Gasteiger partial charge is 0.496 e. The molecule has 1 aliphatic rings. The molecule has 19 heavy (non-hydrogen) atoms. The van der Waals surface area contributed by atoms with E-state index in [4.69, 9.17) is 14.2 Å². The second kappa shape index (κ2) is 4.16. The number of ether oxygens (including phenoxy) is 3. The molecule has 1 aliphatic heterocycles. The molecule has 0 saturated carbocycles. The van der Waals surface area contributed by atoms with Gasteiger partial charge in [0.1, 0.15) is 17.6 Å². The first-order valence-corrected chi connectivity index (χ1v) is 6.06. The minimum Gasteiger partial charge on any atom is -0.496 e. The number of esters is 1. The number of rotatable bonds is 2. The summed E-state index contributed by atoms with van der Waals surface area (Å²) in [6.07, 6.45) is -0.299. The Morgan fingerprint density at radius 2 is 2.00 bits per heavy atom. The van der Waals surface area contributed by atoms with E-state index in [2.05, 4.69) is 0 Å². The van der Waals surface area contributed by atoms with Gasteiger partial charge >= 0.3 is 5.97 Å². The summed E-state index contributed by atoms with van der Waals surface area (Å²) in [5.74, 6) is 1.08. The van der Waals surface area contributed by atoms with Crippen LogP contribution in [0.4, 0.5) is 0 Å². The summed E-state index contributed by atoms with van der Waals surface area (Å²) in [6.45, 7) is 1.84. The van der Waals surface area contributed by atoms with Gasteiger partial charge in [-0.05, 0) is 24.4 Å². The van der Waals surface area contributed by atoms with Crippen molar-refractivity contribution < 1.29 is 19.0 Å². The van der Waals surface area contributed by atoms with Crippen LogP contribution in [0.5, 0.6) is 11.5 Å². The van der Waals surface area contributed by atoms with E-state index < -0.39 is 0 Å². The van der Waals surface area contributed by atoms with E-state index >= 15 is 0 Å². The van der Waals surface area contributed by atoms with Gasteiger partial charge in [-0.3, -0.25) is 0 Å².